The number of pyridine rings is 1. The molecule has 0 N–H and O–H groups in total. The highest BCUT2D eigenvalue weighted by Gasteiger charge is 2.26. The monoisotopic (exact) mass is 470 g/mol. The van der Waals surface area contributed by atoms with E-state index in [2.05, 4.69) is 29.6 Å². The number of fused-ring (bicyclic) bond motifs is 3. The summed E-state index contributed by atoms with van der Waals surface area (Å²) in [5, 5.41) is 2.08. The molecule has 3 heterocycles. The van der Waals surface area contributed by atoms with E-state index in [4.69, 9.17) is 16.0 Å². The molecule has 2 aromatic heterocycles. The van der Waals surface area contributed by atoms with E-state index in [1.54, 1.807) is 24.2 Å². The lowest BCUT2D eigenvalue weighted by Gasteiger charge is -2.37. The minimum atomic E-state index is -0.0863. The molecule has 33 heavy (non-hydrogen) atoms. The molecule has 172 valence electrons. The fraction of sp³-hybridized carbons (Fsp3) is 0.208. The highest BCUT2D eigenvalue weighted by molar-refractivity contribution is 6.37. The van der Waals surface area contributed by atoms with Gasteiger partial charge in [0.05, 0.1) is 28.9 Å². The molecule has 1 aliphatic heterocycles. The minimum Gasteiger partial charge on any atom is -0.454 e. The summed E-state index contributed by atoms with van der Waals surface area (Å²) in [7, 11) is 1.68. The van der Waals surface area contributed by atoms with Crippen LogP contribution in [0, 0.1) is 0 Å². The molecule has 1 fully saturated rings. The number of hydrogen-bond donors (Lipinski definition) is 0. The summed E-state index contributed by atoms with van der Waals surface area (Å²) in [6.45, 7) is 12.3. The van der Waals surface area contributed by atoms with Crippen LogP contribution in [0.2, 0.25) is 5.02 Å². The number of aromatic nitrogens is 1. The quantitative estimate of drug-likeness (QED) is 0.395. The van der Waals surface area contributed by atoms with E-state index in [-0.39, 0.29) is 12.2 Å². The molecule has 3 aromatic rings. The maximum atomic E-state index is 12.0. The van der Waals surface area contributed by atoms with E-state index < -0.39 is 0 Å². The van der Waals surface area contributed by atoms with Crippen LogP contribution in [-0.2, 0) is 9.59 Å². The Bertz CT molecular complexity index is 1230. The number of halogens is 2. The molecule has 0 atom stereocenters. The fourth-order valence-corrected chi connectivity index (χ4v) is 4.07. The maximum absolute atomic E-state index is 12.0. The number of rotatable bonds is 5. The third-order valence-corrected chi connectivity index (χ3v) is 5.70. The van der Waals surface area contributed by atoms with Gasteiger partial charge in [-0.25, -0.2) is 9.37 Å². The van der Waals surface area contributed by atoms with Crippen molar-refractivity contribution in [3.8, 4) is 0 Å². The van der Waals surface area contributed by atoms with Crippen molar-refractivity contribution in [1.82, 2.24) is 9.88 Å². The van der Waals surface area contributed by atoms with Crippen molar-refractivity contribution < 1.29 is 18.4 Å². The van der Waals surface area contributed by atoms with Gasteiger partial charge in [0, 0.05) is 44.0 Å². The van der Waals surface area contributed by atoms with E-state index in [1.165, 1.54) is 11.0 Å². The van der Waals surface area contributed by atoms with E-state index in [0.717, 1.165) is 22.9 Å². The van der Waals surface area contributed by atoms with Gasteiger partial charge in [-0.15, -0.1) is 0 Å². The van der Waals surface area contributed by atoms with Crippen molar-refractivity contribution in [2.75, 3.05) is 43.0 Å². The first-order valence-electron chi connectivity index (χ1n) is 10.1. The van der Waals surface area contributed by atoms with Gasteiger partial charge < -0.3 is 19.1 Å². The van der Waals surface area contributed by atoms with Gasteiger partial charge in [-0.2, -0.15) is 0 Å². The van der Waals surface area contributed by atoms with Crippen LogP contribution in [0.25, 0.3) is 27.9 Å². The molecule has 0 aliphatic carbocycles. The molecule has 0 saturated carbocycles. The largest absolute Gasteiger partial charge is 0.454 e. The second kappa shape index (κ2) is 10.3. The van der Waals surface area contributed by atoms with Crippen LogP contribution in [0.4, 0.5) is 15.8 Å². The molecule has 0 radical (unpaired) electrons. The Morgan fingerprint density at radius 2 is 1.88 bits per heavy atom. The van der Waals surface area contributed by atoms with Crippen LogP contribution in [0.15, 0.2) is 54.9 Å². The summed E-state index contributed by atoms with van der Waals surface area (Å²) in [5.41, 5.74) is 2.73. The van der Waals surface area contributed by atoms with Crippen molar-refractivity contribution in [3.05, 3.63) is 61.3 Å². The lowest BCUT2D eigenvalue weighted by atomic mass is 10.1. The summed E-state index contributed by atoms with van der Waals surface area (Å²) in [6.07, 6.45) is 5.60. The SMILES string of the molecule is C=CC(=O)N1CCN(c2c(N(C)C=O)cnc3c2cc(Cl)c2cc(C=C)oc23)CC1.C=CF. The summed E-state index contributed by atoms with van der Waals surface area (Å²) >= 11 is 6.58. The van der Waals surface area contributed by atoms with Gasteiger partial charge in [0.2, 0.25) is 12.3 Å². The zero-order chi connectivity index (χ0) is 24.1. The molecule has 4 rings (SSSR count). The molecule has 0 spiro atoms. The van der Waals surface area contributed by atoms with Gasteiger partial charge in [-0.3, -0.25) is 9.59 Å². The third-order valence-electron chi connectivity index (χ3n) is 5.38. The summed E-state index contributed by atoms with van der Waals surface area (Å²) in [6, 6.07) is 3.68. The summed E-state index contributed by atoms with van der Waals surface area (Å²) < 4.78 is 16.0. The first-order chi connectivity index (χ1) is 15.9. The predicted molar refractivity (Wildman–Crippen MR) is 131 cm³/mol. The van der Waals surface area contributed by atoms with E-state index in [9.17, 15) is 14.0 Å². The van der Waals surface area contributed by atoms with Crippen molar-refractivity contribution in [1.29, 1.82) is 0 Å². The Morgan fingerprint density at radius 1 is 1.21 bits per heavy atom. The lowest BCUT2D eigenvalue weighted by molar-refractivity contribution is -0.126. The van der Waals surface area contributed by atoms with Crippen LogP contribution in [-0.4, -0.2) is 55.4 Å². The molecule has 1 saturated heterocycles. The van der Waals surface area contributed by atoms with Gasteiger partial charge in [-0.1, -0.05) is 31.3 Å². The fourth-order valence-electron chi connectivity index (χ4n) is 3.82. The van der Waals surface area contributed by atoms with Gasteiger partial charge in [0.25, 0.3) is 0 Å². The number of furan rings is 1. The van der Waals surface area contributed by atoms with E-state index in [1.807, 2.05) is 12.1 Å². The number of carbonyl (C=O) groups excluding carboxylic acids is 2. The van der Waals surface area contributed by atoms with Crippen LogP contribution >= 0.6 is 11.6 Å². The number of amides is 2. The van der Waals surface area contributed by atoms with Crippen LogP contribution in [0.5, 0.6) is 0 Å². The van der Waals surface area contributed by atoms with Crippen LogP contribution < -0.4 is 9.80 Å². The average Bonchev–Trinajstić information content (AvgIpc) is 3.28. The molecular weight excluding hydrogens is 447 g/mol. The lowest BCUT2D eigenvalue weighted by Crippen LogP contribution is -2.48. The Morgan fingerprint density at radius 3 is 2.45 bits per heavy atom. The Labute approximate surface area is 196 Å². The molecule has 2 amide bonds. The van der Waals surface area contributed by atoms with Crippen molar-refractivity contribution in [2.24, 2.45) is 0 Å². The average molecular weight is 471 g/mol. The normalized spacial score (nSPS) is 13.3. The number of benzene rings is 1. The molecule has 1 aromatic carbocycles. The molecule has 9 heteroatoms. The zero-order valence-electron chi connectivity index (χ0n) is 18.3. The van der Waals surface area contributed by atoms with Crippen molar-refractivity contribution in [2.45, 2.75) is 0 Å². The second-order valence-electron chi connectivity index (χ2n) is 7.23. The maximum Gasteiger partial charge on any atom is 0.246 e. The number of anilines is 2. The zero-order valence-corrected chi connectivity index (χ0v) is 19.0. The first kappa shape index (κ1) is 24.0. The van der Waals surface area contributed by atoms with Crippen LogP contribution in [0.3, 0.4) is 0 Å². The number of carbonyl (C=O) groups is 2. The van der Waals surface area contributed by atoms with Gasteiger partial charge in [0.1, 0.15) is 11.3 Å². The van der Waals surface area contributed by atoms with Gasteiger partial charge in [0.15, 0.2) is 5.58 Å². The highest BCUT2D eigenvalue weighted by atomic mass is 35.5. The number of hydrogen-bond acceptors (Lipinski definition) is 5. The number of nitrogens with zero attached hydrogens (tertiary/aromatic N) is 4. The van der Waals surface area contributed by atoms with E-state index >= 15 is 0 Å². The Balaban J connectivity index is 0.000000968. The first-order valence-corrected chi connectivity index (χ1v) is 10.5. The van der Waals surface area contributed by atoms with Crippen molar-refractivity contribution in [3.63, 3.8) is 0 Å². The van der Waals surface area contributed by atoms with E-state index in [0.29, 0.717) is 53.7 Å². The topological polar surface area (TPSA) is 69.9 Å². The van der Waals surface area contributed by atoms with Gasteiger partial charge >= 0.3 is 0 Å². The Hall–Kier alpha value is -3.65. The third kappa shape index (κ3) is 4.61. The Kier molecular flexibility index (Phi) is 7.50. The smallest absolute Gasteiger partial charge is 0.246 e. The summed E-state index contributed by atoms with van der Waals surface area (Å²) in [5.74, 6) is 0.519. The van der Waals surface area contributed by atoms with Gasteiger partial charge in [-0.05, 0) is 24.3 Å². The molecule has 0 unspecified atom stereocenters. The van der Waals surface area contributed by atoms with Crippen LogP contribution in [0.1, 0.15) is 5.76 Å². The molecule has 1 aliphatic rings. The molecule has 7 nitrogen and oxygen atoms in total. The number of piperazine rings is 1. The molecule has 0 bridgehead atoms. The van der Waals surface area contributed by atoms with Crippen molar-refractivity contribution >= 4 is 63.2 Å². The minimum absolute atomic E-state index is 0.0863. The summed E-state index contributed by atoms with van der Waals surface area (Å²) in [4.78, 5) is 33.5. The predicted octanol–water partition coefficient (Wildman–Crippen LogP) is 4.80. The highest BCUT2D eigenvalue weighted by Crippen LogP contribution is 2.41. The molecular formula is C24H24ClFN4O3. The second-order valence-corrected chi connectivity index (χ2v) is 7.64. The standard InChI is InChI=1S/C22H21ClN4O3.C2H3F/c1-4-14-10-15-17(23)11-16-20(22(15)30-14)24-12-18(25(3)13-28)21(16)27-8-6-26(7-9-27)19(29)5-2;1-2-3/h4-5,10-13H,1-2,6-9H2,3H3;2H,1H2.